The molecule has 3 nitrogen and oxygen atoms in total. The molecule has 0 N–H and O–H groups in total. The summed E-state index contributed by atoms with van der Waals surface area (Å²) in [7, 11) is 2.97. The second kappa shape index (κ2) is 8.62. The average Bonchev–Trinajstić information content (AvgIpc) is 3.49. The molecule has 3 heterocycles. The number of rotatable bonds is 4. The van der Waals surface area contributed by atoms with Crippen LogP contribution in [0.25, 0.3) is 17.2 Å². The predicted octanol–water partition coefficient (Wildman–Crippen LogP) is 8.19. The fraction of sp³-hybridized carbons (Fsp3) is 0.423. The summed E-state index contributed by atoms with van der Waals surface area (Å²) in [6, 6.07) is 2.24. The van der Waals surface area contributed by atoms with Crippen LogP contribution in [0.4, 0.5) is 26.3 Å². The molecule has 3 aliphatic rings. The second-order valence-electron chi connectivity index (χ2n) is 9.57. The highest BCUT2D eigenvalue weighted by Crippen LogP contribution is 2.65. The van der Waals surface area contributed by atoms with Crippen LogP contribution < -0.4 is 0 Å². The number of aromatic nitrogens is 2. The topological polar surface area (TPSA) is 26.9 Å². The molecule has 0 saturated carbocycles. The largest absolute Gasteiger partial charge is 0.380 e. The second-order valence-corrected chi connectivity index (χ2v) is 12.1. The first-order chi connectivity index (χ1) is 17.2. The fourth-order valence-electron chi connectivity index (χ4n) is 5.15. The van der Waals surface area contributed by atoms with Gasteiger partial charge < -0.3 is 9.13 Å². The van der Waals surface area contributed by atoms with Crippen molar-refractivity contribution in [1.82, 2.24) is 9.13 Å². The van der Waals surface area contributed by atoms with Crippen LogP contribution in [0.1, 0.15) is 64.4 Å². The highest BCUT2D eigenvalue weighted by atomic mass is 32.2. The van der Waals surface area contributed by atoms with Gasteiger partial charge in [0.2, 0.25) is 0 Å². The van der Waals surface area contributed by atoms with Crippen LogP contribution in [0.5, 0.6) is 0 Å². The van der Waals surface area contributed by atoms with Crippen LogP contribution in [-0.2, 0) is 14.1 Å². The van der Waals surface area contributed by atoms with Gasteiger partial charge in [-0.05, 0) is 57.7 Å². The highest BCUT2D eigenvalue weighted by Gasteiger charge is 2.80. The van der Waals surface area contributed by atoms with Crippen LogP contribution in [-0.4, -0.2) is 33.2 Å². The molecule has 2 aromatic heterocycles. The molecule has 0 amide bonds. The summed E-state index contributed by atoms with van der Waals surface area (Å²) in [6.45, 7) is 2.77. The number of hydrogen-bond acceptors (Lipinski definition) is 3. The molecule has 0 saturated heterocycles. The molecule has 0 radical (unpaired) electrons. The number of aldehydes is 1. The molecular weight excluding hydrogens is 534 g/mol. The summed E-state index contributed by atoms with van der Waals surface area (Å²) in [5.41, 5.74) is -3.20. The molecular formula is C26H24F6N2OS2. The van der Waals surface area contributed by atoms with Gasteiger partial charge in [0.25, 0.3) is 0 Å². The van der Waals surface area contributed by atoms with Crippen LogP contribution >= 0.6 is 23.5 Å². The Morgan fingerprint density at radius 3 is 1.65 bits per heavy atom. The van der Waals surface area contributed by atoms with Crippen molar-refractivity contribution in [2.45, 2.75) is 57.3 Å². The van der Waals surface area contributed by atoms with Gasteiger partial charge in [0, 0.05) is 63.3 Å². The lowest BCUT2D eigenvalue weighted by Gasteiger charge is -2.25. The van der Waals surface area contributed by atoms with E-state index in [1.807, 2.05) is 0 Å². The van der Waals surface area contributed by atoms with Gasteiger partial charge in [0.05, 0.1) is 9.93 Å². The standard InChI is InChI=1S/C26H24F6N2OS2/c1-13-17(9-15(33(13)3)11-21-36-19-7-5-6-8-20(19)37-21)22-23(18-10-16(12-35)34(4)14(18)2)25(29,30)26(31,32)24(22,27)28/h9-12H,5-8H2,1-4H3. The van der Waals surface area contributed by atoms with Gasteiger partial charge in [0.15, 0.2) is 6.29 Å². The van der Waals surface area contributed by atoms with E-state index in [9.17, 15) is 13.6 Å². The average molecular weight is 559 g/mol. The van der Waals surface area contributed by atoms with E-state index in [-0.39, 0.29) is 22.6 Å². The van der Waals surface area contributed by atoms with Crippen LogP contribution in [0, 0.1) is 13.8 Å². The summed E-state index contributed by atoms with van der Waals surface area (Å²) in [6.07, 6.45) is 6.31. The summed E-state index contributed by atoms with van der Waals surface area (Å²) in [4.78, 5) is 14.0. The Hall–Kier alpha value is -2.27. The van der Waals surface area contributed by atoms with Gasteiger partial charge in [0.1, 0.15) is 0 Å². The lowest BCUT2D eigenvalue weighted by Crippen LogP contribution is -2.49. The minimum atomic E-state index is -5.66. The number of thioether (sulfide) groups is 2. The van der Waals surface area contributed by atoms with E-state index >= 15 is 17.6 Å². The molecule has 198 valence electrons. The van der Waals surface area contributed by atoms with Gasteiger partial charge in [-0.15, -0.1) is 0 Å². The molecule has 11 heteroatoms. The van der Waals surface area contributed by atoms with E-state index in [1.54, 1.807) is 41.2 Å². The Labute approximate surface area is 218 Å². The first-order valence-electron chi connectivity index (χ1n) is 11.7. The molecule has 0 aromatic carbocycles. The number of allylic oxidation sites excluding steroid dienone is 4. The number of nitrogens with zero attached hydrogens (tertiary/aromatic N) is 2. The van der Waals surface area contributed by atoms with Crippen LogP contribution in [0.3, 0.4) is 0 Å². The van der Waals surface area contributed by atoms with Gasteiger partial charge in [-0.2, -0.15) is 26.3 Å². The Morgan fingerprint density at radius 1 is 0.784 bits per heavy atom. The maximum Gasteiger partial charge on any atom is 0.380 e. The van der Waals surface area contributed by atoms with Gasteiger partial charge in [-0.3, -0.25) is 4.79 Å². The number of alkyl halides is 6. The smallest absolute Gasteiger partial charge is 0.348 e. The monoisotopic (exact) mass is 558 g/mol. The highest BCUT2D eigenvalue weighted by molar-refractivity contribution is 8.28. The Bertz CT molecular complexity index is 1410. The molecule has 37 heavy (non-hydrogen) atoms. The number of hydrogen-bond donors (Lipinski definition) is 0. The third-order valence-corrected chi connectivity index (χ3v) is 10.2. The van der Waals surface area contributed by atoms with Crippen molar-refractivity contribution >= 4 is 47.0 Å². The maximum atomic E-state index is 15.3. The third kappa shape index (κ3) is 3.63. The Balaban J connectivity index is 1.71. The lowest BCUT2D eigenvalue weighted by molar-refractivity contribution is -0.254. The van der Waals surface area contributed by atoms with Crippen molar-refractivity contribution in [3.63, 3.8) is 0 Å². The minimum absolute atomic E-state index is 0.00844. The van der Waals surface area contributed by atoms with E-state index in [4.69, 9.17) is 0 Å². The molecule has 5 rings (SSSR count). The molecule has 0 unspecified atom stereocenters. The Morgan fingerprint density at radius 2 is 1.22 bits per heavy atom. The summed E-state index contributed by atoms with van der Waals surface area (Å²) in [5.74, 6) is -16.0. The van der Waals surface area contributed by atoms with E-state index in [0.717, 1.165) is 36.0 Å². The van der Waals surface area contributed by atoms with Gasteiger partial charge in [-0.1, -0.05) is 23.5 Å². The normalized spacial score (nSPS) is 22.2. The molecule has 0 atom stereocenters. The van der Waals surface area contributed by atoms with Crippen molar-refractivity contribution in [2.24, 2.45) is 14.1 Å². The third-order valence-electron chi connectivity index (χ3n) is 7.55. The quantitative estimate of drug-likeness (QED) is 0.280. The first kappa shape index (κ1) is 26.3. The molecule has 2 aromatic rings. The van der Waals surface area contributed by atoms with Gasteiger partial charge >= 0.3 is 17.8 Å². The minimum Gasteiger partial charge on any atom is -0.348 e. The van der Waals surface area contributed by atoms with Crippen molar-refractivity contribution in [2.75, 3.05) is 0 Å². The Kier molecular flexibility index (Phi) is 6.14. The van der Waals surface area contributed by atoms with E-state index in [2.05, 4.69) is 0 Å². The number of carbonyl (C=O) groups excluding carboxylic acids is 1. The number of carbonyl (C=O) groups is 1. The van der Waals surface area contributed by atoms with Crippen molar-refractivity contribution in [3.05, 3.63) is 60.1 Å². The summed E-state index contributed by atoms with van der Waals surface area (Å²) in [5, 5.41) is 0. The lowest BCUT2D eigenvalue weighted by atomic mass is 9.95. The van der Waals surface area contributed by atoms with Crippen molar-refractivity contribution in [3.8, 4) is 0 Å². The van der Waals surface area contributed by atoms with E-state index < -0.39 is 34.5 Å². The molecule has 1 aliphatic heterocycles. The van der Waals surface area contributed by atoms with Gasteiger partial charge in [-0.25, -0.2) is 0 Å². The van der Waals surface area contributed by atoms with E-state index in [1.165, 1.54) is 41.3 Å². The number of halogens is 6. The van der Waals surface area contributed by atoms with Crippen molar-refractivity contribution < 1.29 is 31.1 Å². The first-order valence-corrected chi connectivity index (χ1v) is 13.3. The van der Waals surface area contributed by atoms with Crippen LogP contribution in [0.15, 0.2) is 26.2 Å². The molecule has 2 aliphatic carbocycles. The summed E-state index contributed by atoms with van der Waals surface area (Å²) >= 11 is 3.21. The fourth-order valence-corrected chi connectivity index (χ4v) is 7.94. The van der Waals surface area contributed by atoms with E-state index in [0.29, 0.717) is 12.0 Å². The molecule has 0 bridgehead atoms. The zero-order valence-electron chi connectivity index (χ0n) is 20.5. The van der Waals surface area contributed by atoms with Crippen LogP contribution in [0.2, 0.25) is 0 Å². The SMILES string of the molecule is Cc1c(C2=C(c3cc(C=C4SC5=C(CCCC5)S4)n(C)c3C)C(F)(F)C(F)(F)C2(F)F)cc(C=O)n1C. The molecule has 0 fully saturated rings. The van der Waals surface area contributed by atoms with Crippen molar-refractivity contribution in [1.29, 1.82) is 0 Å². The zero-order chi connectivity index (χ0) is 27.1. The molecule has 0 spiro atoms. The summed E-state index contributed by atoms with van der Waals surface area (Å²) < 4.78 is 94.4. The zero-order valence-corrected chi connectivity index (χ0v) is 22.2. The predicted molar refractivity (Wildman–Crippen MR) is 136 cm³/mol. The maximum absolute atomic E-state index is 15.3.